The van der Waals surface area contributed by atoms with Crippen molar-refractivity contribution in [3.63, 3.8) is 0 Å². The van der Waals surface area contributed by atoms with E-state index in [0.29, 0.717) is 6.42 Å². The molecule has 0 aliphatic carbocycles. The summed E-state index contributed by atoms with van der Waals surface area (Å²) in [5.74, 6) is 12.2. The summed E-state index contributed by atoms with van der Waals surface area (Å²) in [6.45, 7) is 0. The number of rotatable bonds is 0. The Balaban J connectivity index is 1.89. The average Bonchev–Trinajstić information content (AvgIpc) is 2.88. The SMILES string of the molecule is C(#Cc1cccs1)CC#Cc1cccs1. The minimum atomic E-state index is 0.635. The van der Waals surface area contributed by atoms with Gasteiger partial charge in [-0.05, 0) is 22.9 Å². The van der Waals surface area contributed by atoms with Crippen LogP contribution < -0.4 is 0 Å². The van der Waals surface area contributed by atoms with Gasteiger partial charge in [-0.25, -0.2) is 0 Å². The van der Waals surface area contributed by atoms with E-state index in [2.05, 4.69) is 23.7 Å². The molecular formula is C13H8S2. The van der Waals surface area contributed by atoms with Crippen molar-refractivity contribution >= 4 is 22.7 Å². The van der Waals surface area contributed by atoms with Crippen LogP contribution in [0.3, 0.4) is 0 Å². The Morgan fingerprint density at radius 2 is 1.40 bits per heavy atom. The van der Waals surface area contributed by atoms with Crippen LogP contribution in [0.15, 0.2) is 35.0 Å². The minimum Gasteiger partial charge on any atom is -0.135 e. The maximum absolute atomic E-state index is 3.07. The maximum atomic E-state index is 3.07. The molecule has 0 saturated carbocycles. The van der Waals surface area contributed by atoms with E-state index in [0.717, 1.165) is 9.75 Å². The molecule has 2 aromatic rings. The van der Waals surface area contributed by atoms with Crippen molar-refractivity contribution in [3.8, 4) is 23.7 Å². The lowest BCUT2D eigenvalue weighted by molar-refractivity contribution is 1.56. The first-order valence-corrected chi connectivity index (χ1v) is 6.26. The molecule has 0 aliphatic heterocycles. The molecule has 0 aliphatic rings. The molecule has 2 rings (SSSR count). The molecule has 2 heteroatoms. The van der Waals surface area contributed by atoms with E-state index in [1.54, 1.807) is 22.7 Å². The van der Waals surface area contributed by atoms with Crippen molar-refractivity contribution in [3.05, 3.63) is 44.8 Å². The fourth-order valence-corrected chi connectivity index (χ4v) is 2.19. The van der Waals surface area contributed by atoms with Crippen molar-refractivity contribution in [2.24, 2.45) is 0 Å². The lowest BCUT2D eigenvalue weighted by Crippen LogP contribution is -1.64. The third kappa shape index (κ3) is 3.29. The highest BCUT2D eigenvalue weighted by Crippen LogP contribution is 2.06. The van der Waals surface area contributed by atoms with Crippen LogP contribution in [-0.2, 0) is 0 Å². The molecule has 72 valence electrons. The predicted octanol–water partition coefficient (Wildman–Crippen LogP) is 3.60. The summed E-state index contributed by atoms with van der Waals surface area (Å²) in [7, 11) is 0. The second kappa shape index (κ2) is 5.41. The van der Waals surface area contributed by atoms with E-state index in [4.69, 9.17) is 0 Å². The van der Waals surface area contributed by atoms with Gasteiger partial charge in [0, 0.05) is 0 Å². The summed E-state index contributed by atoms with van der Waals surface area (Å²) in [6.07, 6.45) is 0.635. The van der Waals surface area contributed by atoms with Crippen molar-refractivity contribution in [2.75, 3.05) is 0 Å². The summed E-state index contributed by atoms with van der Waals surface area (Å²) >= 11 is 3.32. The highest BCUT2D eigenvalue weighted by molar-refractivity contribution is 7.10. The summed E-state index contributed by atoms with van der Waals surface area (Å²) in [5.41, 5.74) is 0. The van der Waals surface area contributed by atoms with Gasteiger partial charge in [-0.15, -0.1) is 22.7 Å². The third-order valence-corrected chi connectivity index (χ3v) is 3.21. The fourth-order valence-electron chi connectivity index (χ4n) is 1.01. The van der Waals surface area contributed by atoms with Crippen LogP contribution >= 0.6 is 22.7 Å². The third-order valence-electron chi connectivity index (χ3n) is 1.64. The monoisotopic (exact) mass is 228 g/mol. The first kappa shape index (κ1) is 10.1. The predicted molar refractivity (Wildman–Crippen MR) is 67.0 cm³/mol. The topological polar surface area (TPSA) is 0 Å². The van der Waals surface area contributed by atoms with Crippen molar-refractivity contribution in [2.45, 2.75) is 6.42 Å². The van der Waals surface area contributed by atoms with Crippen LogP contribution in [0.4, 0.5) is 0 Å². The van der Waals surface area contributed by atoms with Gasteiger partial charge in [0.05, 0.1) is 16.2 Å². The van der Waals surface area contributed by atoms with E-state index in [1.165, 1.54) is 0 Å². The Hall–Kier alpha value is -1.48. The molecule has 0 saturated heterocycles. The molecule has 0 spiro atoms. The number of thiophene rings is 2. The number of hydrogen-bond acceptors (Lipinski definition) is 2. The highest BCUT2D eigenvalue weighted by Gasteiger charge is 1.83. The molecule has 0 atom stereocenters. The molecular weight excluding hydrogens is 220 g/mol. The molecule has 0 unspecified atom stereocenters. The summed E-state index contributed by atoms with van der Waals surface area (Å²) in [4.78, 5) is 2.21. The van der Waals surface area contributed by atoms with Gasteiger partial charge in [-0.1, -0.05) is 35.8 Å². The van der Waals surface area contributed by atoms with E-state index in [-0.39, 0.29) is 0 Å². The zero-order chi connectivity index (χ0) is 10.3. The van der Waals surface area contributed by atoms with Crippen molar-refractivity contribution < 1.29 is 0 Å². The Morgan fingerprint density at radius 1 is 0.867 bits per heavy atom. The molecule has 15 heavy (non-hydrogen) atoms. The van der Waals surface area contributed by atoms with Gasteiger partial charge < -0.3 is 0 Å². The molecule has 0 aromatic carbocycles. The van der Waals surface area contributed by atoms with Gasteiger partial charge in [0.1, 0.15) is 0 Å². The van der Waals surface area contributed by atoms with Gasteiger partial charge >= 0.3 is 0 Å². The van der Waals surface area contributed by atoms with Gasteiger partial charge in [0.2, 0.25) is 0 Å². The van der Waals surface area contributed by atoms with Gasteiger partial charge in [-0.3, -0.25) is 0 Å². The zero-order valence-corrected chi connectivity index (χ0v) is 9.62. The van der Waals surface area contributed by atoms with Crippen molar-refractivity contribution in [1.29, 1.82) is 0 Å². The molecule has 2 heterocycles. The maximum Gasteiger partial charge on any atom is 0.0768 e. The van der Waals surface area contributed by atoms with Crippen LogP contribution in [0.5, 0.6) is 0 Å². The smallest absolute Gasteiger partial charge is 0.0768 e. The number of hydrogen-bond donors (Lipinski definition) is 0. The normalized spacial score (nSPS) is 8.53. The van der Waals surface area contributed by atoms with Gasteiger partial charge in [0.15, 0.2) is 0 Å². The lowest BCUT2D eigenvalue weighted by atomic mass is 10.3. The second-order valence-corrected chi connectivity index (χ2v) is 4.63. The van der Waals surface area contributed by atoms with E-state index in [9.17, 15) is 0 Å². The summed E-state index contributed by atoms with van der Waals surface area (Å²) in [5, 5.41) is 4.06. The highest BCUT2D eigenvalue weighted by atomic mass is 32.1. The minimum absolute atomic E-state index is 0.635. The van der Waals surface area contributed by atoms with Gasteiger partial charge in [-0.2, -0.15) is 0 Å². The molecule has 0 N–H and O–H groups in total. The van der Waals surface area contributed by atoms with Gasteiger partial charge in [0.25, 0.3) is 0 Å². The van der Waals surface area contributed by atoms with E-state index >= 15 is 0 Å². The van der Waals surface area contributed by atoms with Crippen LogP contribution in [0.25, 0.3) is 0 Å². The average molecular weight is 228 g/mol. The summed E-state index contributed by atoms with van der Waals surface area (Å²) < 4.78 is 0. The lowest BCUT2D eigenvalue weighted by Gasteiger charge is -1.76. The fraction of sp³-hybridized carbons (Fsp3) is 0.0769. The Morgan fingerprint density at radius 3 is 1.80 bits per heavy atom. The summed E-state index contributed by atoms with van der Waals surface area (Å²) in [6, 6.07) is 8.05. The molecule has 0 radical (unpaired) electrons. The zero-order valence-electron chi connectivity index (χ0n) is 7.99. The second-order valence-electron chi connectivity index (χ2n) is 2.73. The first-order chi connectivity index (χ1) is 7.45. The standard InChI is InChI=1S/C13H8S2/c1(2-6-12-8-4-10-14-12)3-7-13-9-5-11-15-13/h4-5,8-11H,1H2. The Labute approximate surface area is 97.6 Å². The van der Waals surface area contributed by atoms with Crippen LogP contribution in [0.1, 0.15) is 16.2 Å². The molecule has 0 nitrogen and oxygen atoms in total. The molecule has 0 bridgehead atoms. The van der Waals surface area contributed by atoms with Crippen LogP contribution in [0, 0.1) is 23.7 Å². The quantitative estimate of drug-likeness (QED) is 0.604. The largest absolute Gasteiger partial charge is 0.135 e. The van der Waals surface area contributed by atoms with Crippen molar-refractivity contribution in [1.82, 2.24) is 0 Å². The molecule has 0 fully saturated rings. The van der Waals surface area contributed by atoms with Crippen LogP contribution in [-0.4, -0.2) is 0 Å². The van der Waals surface area contributed by atoms with Crippen LogP contribution in [0.2, 0.25) is 0 Å². The molecule has 0 amide bonds. The Bertz CT molecular complexity index is 460. The van der Waals surface area contributed by atoms with E-state index < -0.39 is 0 Å². The van der Waals surface area contributed by atoms with E-state index in [1.807, 2.05) is 35.0 Å². The molecule has 2 aromatic heterocycles. The Kier molecular flexibility index (Phi) is 3.63. The first-order valence-electron chi connectivity index (χ1n) is 4.50.